The van der Waals surface area contributed by atoms with E-state index in [0.717, 1.165) is 57.3 Å². The van der Waals surface area contributed by atoms with Crippen molar-refractivity contribution in [1.82, 2.24) is 19.8 Å². The molecule has 0 unspecified atom stereocenters. The van der Waals surface area contributed by atoms with Gasteiger partial charge in [0.2, 0.25) is 0 Å². The molecule has 2 heterocycles. The van der Waals surface area contributed by atoms with Gasteiger partial charge in [-0.2, -0.15) is 9.97 Å². The van der Waals surface area contributed by atoms with Crippen molar-refractivity contribution < 1.29 is 14.6 Å². The Morgan fingerprint density at radius 1 is 1.18 bits per heavy atom. The molecule has 1 fully saturated rings. The van der Waals surface area contributed by atoms with Crippen LogP contribution in [-0.4, -0.2) is 71.6 Å². The van der Waals surface area contributed by atoms with E-state index < -0.39 is 0 Å². The van der Waals surface area contributed by atoms with Crippen LogP contribution in [0.15, 0.2) is 30.3 Å². The molecular weight excluding hydrogens is 593 g/mol. The lowest BCUT2D eigenvalue weighted by Crippen LogP contribution is -2.28. The number of benzene rings is 2. The molecule has 1 aliphatic carbocycles. The molecule has 0 atom stereocenters. The highest BCUT2D eigenvalue weighted by Crippen LogP contribution is 2.46. The van der Waals surface area contributed by atoms with E-state index in [1.54, 1.807) is 17.0 Å². The van der Waals surface area contributed by atoms with Crippen LogP contribution in [0, 0.1) is 14.9 Å². The van der Waals surface area contributed by atoms with Crippen LogP contribution in [0.2, 0.25) is 0 Å². The predicted octanol–water partition coefficient (Wildman–Crippen LogP) is 4.91. The minimum atomic E-state index is -0.129. The number of hydrogen-bond acceptors (Lipinski definition) is 7. The summed E-state index contributed by atoms with van der Waals surface area (Å²) in [5, 5.41) is 12.1. The molecule has 1 N–H and O–H groups in total. The average molecular weight is 630 g/mol. The molecule has 1 amide bonds. The number of halogens is 1. The molecule has 2 aliphatic rings. The van der Waals surface area contributed by atoms with Crippen LogP contribution in [0.4, 0.5) is 5.82 Å². The van der Waals surface area contributed by atoms with Crippen molar-refractivity contribution in [1.29, 1.82) is 0 Å². The number of aromatic hydroxyl groups is 1. The van der Waals surface area contributed by atoms with Gasteiger partial charge in [-0.25, -0.2) is 0 Å². The minimum Gasteiger partial charge on any atom is -0.508 e. The summed E-state index contributed by atoms with van der Waals surface area (Å²) < 4.78 is 7.18. The van der Waals surface area contributed by atoms with Crippen molar-refractivity contribution in [3.8, 4) is 11.8 Å². The maximum atomic E-state index is 13.9. The van der Waals surface area contributed by atoms with Crippen molar-refractivity contribution in [3.05, 3.63) is 50.7 Å². The number of aromatic nitrogens is 2. The summed E-state index contributed by atoms with van der Waals surface area (Å²) in [4.78, 5) is 29.6. The molecule has 202 valence electrons. The van der Waals surface area contributed by atoms with E-state index in [1.165, 1.54) is 0 Å². The number of amides is 1. The minimum absolute atomic E-state index is 0.0825. The topological polar surface area (TPSA) is 82.0 Å². The number of carbonyl (C=O) groups excluding carboxylic acids is 1. The smallest absolute Gasteiger partial charge is 0.318 e. The molecule has 1 aromatic heterocycles. The first-order chi connectivity index (χ1) is 18.0. The second-order valence-corrected chi connectivity index (χ2v) is 12.7. The van der Waals surface area contributed by atoms with E-state index in [9.17, 15) is 9.90 Å². The number of ether oxygens (including phenoxy) is 1. The average Bonchev–Trinajstić information content (AvgIpc) is 3.46. The van der Waals surface area contributed by atoms with E-state index in [2.05, 4.69) is 60.3 Å². The SMILES string of the molecule is CC(C)CN(C)c1nc(OCC2(CN(C)C)CC2)nc2c1CN(C(=O)c1cc(O)cc3cccc(I)c13)C2. The van der Waals surface area contributed by atoms with Crippen molar-refractivity contribution in [2.45, 2.75) is 39.8 Å². The fourth-order valence-corrected chi connectivity index (χ4v) is 6.30. The first kappa shape index (κ1) is 26.9. The Kier molecular flexibility index (Phi) is 7.43. The number of nitrogens with zero attached hydrogens (tertiary/aromatic N) is 5. The van der Waals surface area contributed by atoms with Crippen molar-refractivity contribution in [2.24, 2.45) is 11.3 Å². The molecule has 0 spiro atoms. The third kappa shape index (κ3) is 5.54. The molecule has 0 bridgehead atoms. The summed E-state index contributed by atoms with van der Waals surface area (Å²) in [6, 6.07) is 9.48. The molecule has 9 heteroatoms. The Morgan fingerprint density at radius 3 is 2.63 bits per heavy atom. The lowest BCUT2D eigenvalue weighted by molar-refractivity contribution is 0.0752. The summed E-state index contributed by atoms with van der Waals surface area (Å²) in [6.07, 6.45) is 2.30. The number of rotatable bonds is 9. The third-order valence-electron chi connectivity index (χ3n) is 7.29. The van der Waals surface area contributed by atoms with E-state index in [-0.39, 0.29) is 17.1 Å². The zero-order valence-corrected chi connectivity index (χ0v) is 24.9. The molecule has 0 radical (unpaired) electrons. The Hall–Kier alpha value is -2.66. The van der Waals surface area contributed by atoms with Gasteiger partial charge in [0, 0.05) is 40.1 Å². The van der Waals surface area contributed by atoms with Gasteiger partial charge in [-0.15, -0.1) is 0 Å². The number of carbonyl (C=O) groups is 1. The quantitative estimate of drug-likeness (QED) is 0.337. The van der Waals surface area contributed by atoms with Crippen LogP contribution in [0.3, 0.4) is 0 Å². The zero-order chi connectivity index (χ0) is 27.2. The van der Waals surface area contributed by atoms with E-state index in [1.807, 2.05) is 25.2 Å². The second-order valence-electron chi connectivity index (χ2n) is 11.5. The van der Waals surface area contributed by atoms with Crippen LogP contribution in [0.25, 0.3) is 10.8 Å². The molecule has 5 rings (SSSR count). The maximum Gasteiger partial charge on any atom is 0.318 e. The molecule has 2 aromatic carbocycles. The van der Waals surface area contributed by atoms with Gasteiger partial charge in [0.05, 0.1) is 31.0 Å². The molecule has 8 nitrogen and oxygen atoms in total. The summed E-state index contributed by atoms with van der Waals surface area (Å²) in [5.74, 6) is 1.22. The van der Waals surface area contributed by atoms with Crippen LogP contribution < -0.4 is 9.64 Å². The standard InChI is InChI=1S/C29H36IN5O3/c1-18(2)13-34(5)26-22-14-35(27(37)21-12-20(36)11-19-7-6-8-23(30)25(19)21)15-24(22)31-28(32-26)38-17-29(9-10-29)16-33(3)4/h6-8,11-12,18,36H,9-10,13-17H2,1-5H3. The van der Waals surface area contributed by atoms with Crippen molar-refractivity contribution >= 4 is 45.1 Å². The summed E-state index contributed by atoms with van der Waals surface area (Å²) in [7, 11) is 6.22. The van der Waals surface area contributed by atoms with E-state index in [4.69, 9.17) is 14.7 Å². The van der Waals surface area contributed by atoms with Crippen LogP contribution in [-0.2, 0) is 13.1 Å². The number of fused-ring (bicyclic) bond motifs is 2. The first-order valence-electron chi connectivity index (χ1n) is 13.1. The van der Waals surface area contributed by atoms with E-state index in [0.29, 0.717) is 37.2 Å². The van der Waals surface area contributed by atoms with Gasteiger partial charge < -0.3 is 24.5 Å². The summed E-state index contributed by atoms with van der Waals surface area (Å²) >= 11 is 2.25. The van der Waals surface area contributed by atoms with Gasteiger partial charge >= 0.3 is 6.01 Å². The number of phenols is 1. The Bertz CT molecular complexity index is 1370. The fourth-order valence-electron chi connectivity index (χ4n) is 5.49. The Balaban J connectivity index is 1.45. The number of hydrogen-bond donors (Lipinski definition) is 1. The summed E-state index contributed by atoms with van der Waals surface area (Å²) in [6.45, 7) is 7.55. The third-order valence-corrected chi connectivity index (χ3v) is 8.18. The number of anilines is 1. The van der Waals surface area contributed by atoms with Crippen molar-refractivity contribution in [2.75, 3.05) is 45.7 Å². The van der Waals surface area contributed by atoms with Gasteiger partial charge in [-0.1, -0.05) is 26.0 Å². The van der Waals surface area contributed by atoms with Gasteiger partial charge in [0.25, 0.3) is 5.91 Å². The Labute approximate surface area is 238 Å². The Morgan fingerprint density at radius 2 is 1.95 bits per heavy atom. The maximum absolute atomic E-state index is 13.9. The van der Waals surface area contributed by atoms with Gasteiger partial charge in [-0.3, -0.25) is 4.79 Å². The van der Waals surface area contributed by atoms with Gasteiger partial charge in [-0.05, 0) is 79.0 Å². The first-order valence-corrected chi connectivity index (χ1v) is 14.2. The molecule has 0 saturated heterocycles. The van der Waals surface area contributed by atoms with Gasteiger partial charge in [0.1, 0.15) is 11.6 Å². The second kappa shape index (κ2) is 10.5. The highest BCUT2D eigenvalue weighted by Gasteiger charge is 2.44. The molecule has 3 aromatic rings. The van der Waals surface area contributed by atoms with Crippen LogP contribution >= 0.6 is 22.6 Å². The lowest BCUT2D eigenvalue weighted by Gasteiger charge is -2.24. The number of phenolic OH excluding ortho intramolecular Hbond substituents is 1. The van der Waals surface area contributed by atoms with Crippen molar-refractivity contribution in [3.63, 3.8) is 0 Å². The summed E-state index contributed by atoms with van der Waals surface area (Å²) in [5.41, 5.74) is 2.46. The van der Waals surface area contributed by atoms with Gasteiger partial charge in [0.15, 0.2) is 0 Å². The highest BCUT2D eigenvalue weighted by atomic mass is 127. The highest BCUT2D eigenvalue weighted by molar-refractivity contribution is 14.1. The fraction of sp³-hybridized carbons (Fsp3) is 0.483. The van der Waals surface area contributed by atoms with E-state index >= 15 is 0 Å². The molecule has 38 heavy (non-hydrogen) atoms. The predicted molar refractivity (Wildman–Crippen MR) is 158 cm³/mol. The van der Waals surface area contributed by atoms with Crippen LogP contribution in [0.1, 0.15) is 48.3 Å². The van der Waals surface area contributed by atoms with Crippen LogP contribution in [0.5, 0.6) is 11.8 Å². The normalized spacial score (nSPS) is 15.8. The zero-order valence-electron chi connectivity index (χ0n) is 22.8. The lowest BCUT2D eigenvalue weighted by atomic mass is 10.0. The molecular formula is C29H36IN5O3. The monoisotopic (exact) mass is 629 g/mol. The molecule has 1 aliphatic heterocycles. The molecule has 1 saturated carbocycles. The largest absolute Gasteiger partial charge is 0.508 e.